The van der Waals surface area contributed by atoms with Crippen LogP contribution in [0.1, 0.15) is 32.3 Å². The van der Waals surface area contributed by atoms with Crippen LogP contribution >= 0.6 is 0 Å². The van der Waals surface area contributed by atoms with Gasteiger partial charge in [-0.2, -0.15) is 0 Å². The molecule has 0 bridgehead atoms. The zero-order valence-corrected chi connectivity index (χ0v) is 10.5. The van der Waals surface area contributed by atoms with Crippen molar-refractivity contribution >= 4 is 5.91 Å². The first-order valence-corrected chi connectivity index (χ1v) is 6.22. The van der Waals surface area contributed by atoms with Crippen molar-refractivity contribution < 1.29 is 4.79 Å². The Morgan fingerprint density at radius 3 is 2.47 bits per heavy atom. The number of amides is 1. The van der Waals surface area contributed by atoms with Gasteiger partial charge in [-0.3, -0.25) is 10.1 Å². The average Bonchev–Trinajstić information content (AvgIpc) is 3.08. The number of nitrogens with one attached hydrogen (secondary N) is 2. The minimum absolute atomic E-state index is 0.0512. The fraction of sp³-hybridized carbons (Fsp3) is 0.500. The maximum atomic E-state index is 11.6. The summed E-state index contributed by atoms with van der Waals surface area (Å²) in [5.41, 5.74) is 1.34. The second kappa shape index (κ2) is 4.88. The molecule has 0 radical (unpaired) electrons. The number of benzene rings is 1. The molecule has 0 aliphatic heterocycles. The van der Waals surface area contributed by atoms with E-state index in [1.54, 1.807) is 0 Å². The molecular formula is C14H20N2O. The third-order valence-corrected chi connectivity index (χ3v) is 3.11. The van der Waals surface area contributed by atoms with Crippen molar-refractivity contribution in [1.29, 1.82) is 0 Å². The van der Waals surface area contributed by atoms with Crippen LogP contribution in [0.4, 0.5) is 0 Å². The number of hydrogen-bond donors (Lipinski definition) is 2. The summed E-state index contributed by atoms with van der Waals surface area (Å²) in [5.74, 6) is 0.0715. The third kappa shape index (κ3) is 3.07. The van der Waals surface area contributed by atoms with Gasteiger partial charge in [-0.1, -0.05) is 30.3 Å². The predicted molar refractivity (Wildman–Crippen MR) is 68.6 cm³/mol. The van der Waals surface area contributed by atoms with Gasteiger partial charge >= 0.3 is 0 Å². The number of carbonyl (C=O) groups excluding carboxylic acids is 1. The van der Waals surface area contributed by atoms with Gasteiger partial charge in [-0.15, -0.1) is 0 Å². The maximum absolute atomic E-state index is 11.6. The number of carbonyl (C=O) groups is 1. The van der Waals surface area contributed by atoms with Gasteiger partial charge in [-0.25, -0.2) is 0 Å². The maximum Gasteiger partial charge on any atom is 0.234 e. The Bertz CT molecular complexity index is 382. The molecule has 2 N–H and O–H groups in total. The fourth-order valence-electron chi connectivity index (χ4n) is 2.07. The summed E-state index contributed by atoms with van der Waals surface area (Å²) in [6.45, 7) is 4.34. The smallest absolute Gasteiger partial charge is 0.234 e. The molecule has 17 heavy (non-hydrogen) atoms. The molecule has 1 aliphatic rings. The van der Waals surface area contributed by atoms with Gasteiger partial charge in [0, 0.05) is 11.6 Å². The van der Waals surface area contributed by atoms with Crippen molar-refractivity contribution in [2.75, 3.05) is 6.54 Å². The van der Waals surface area contributed by atoms with Crippen molar-refractivity contribution in [2.24, 2.45) is 0 Å². The van der Waals surface area contributed by atoms with Crippen LogP contribution in [-0.4, -0.2) is 18.5 Å². The molecule has 92 valence electrons. The van der Waals surface area contributed by atoms with E-state index in [-0.39, 0.29) is 17.5 Å². The lowest BCUT2D eigenvalue weighted by Crippen LogP contribution is -2.41. The molecule has 0 saturated heterocycles. The quantitative estimate of drug-likeness (QED) is 0.812. The molecular weight excluding hydrogens is 212 g/mol. The fourth-order valence-corrected chi connectivity index (χ4v) is 2.07. The van der Waals surface area contributed by atoms with Crippen LogP contribution in [0.5, 0.6) is 0 Å². The van der Waals surface area contributed by atoms with Gasteiger partial charge in [0.15, 0.2) is 0 Å². The molecule has 1 aliphatic carbocycles. The van der Waals surface area contributed by atoms with E-state index in [1.807, 2.05) is 32.0 Å². The van der Waals surface area contributed by atoms with Crippen molar-refractivity contribution in [3.8, 4) is 0 Å². The highest BCUT2D eigenvalue weighted by Crippen LogP contribution is 2.45. The highest BCUT2D eigenvalue weighted by atomic mass is 16.1. The van der Waals surface area contributed by atoms with Crippen molar-refractivity contribution in [3.05, 3.63) is 35.9 Å². The highest BCUT2D eigenvalue weighted by Gasteiger charge is 2.43. The molecule has 1 amide bonds. The summed E-state index contributed by atoms with van der Waals surface area (Å²) in [5, 5.41) is 6.27. The Hall–Kier alpha value is -1.35. The summed E-state index contributed by atoms with van der Waals surface area (Å²) < 4.78 is 0. The van der Waals surface area contributed by atoms with Gasteiger partial charge in [0.25, 0.3) is 0 Å². The summed E-state index contributed by atoms with van der Waals surface area (Å²) in [4.78, 5) is 11.6. The molecule has 1 aromatic rings. The molecule has 1 aromatic carbocycles. The summed E-state index contributed by atoms with van der Waals surface area (Å²) in [7, 11) is 0. The van der Waals surface area contributed by atoms with Crippen LogP contribution in [0.3, 0.4) is 0 Å². The SMILES string of the molecule is CC(C)NC(=O)CNC1(c2ccccc2)CC1. The van der Waals surface area contributed by atoms with Crippen LogP contribution in [0.15, 0.2) is 30.3 Å². The van der Waals surface area contributed by atoms with Crippen molar-refractivity contribution in [2.45, 2.75) is 38.3 Å². The molecule has 1 fully saturated rings. The third-order valence-electron chi connectivity index (χ3n) is 3.11. The van der Waals surface area contributed by atoms with Gasteiger partial charge in [-0.05, 0) is 32.3 Å². The molecule has 0 unspecified atom stereocenters. The lowest BCUT2D eigenvalue weighted by Gasteiger charge is -2.18. The Labute approximate surface area is 103 Å². The van der Waals surface area contributed by atoms with E-state index >= 15 is 0 Å². The Balaban J connectivity index is 1.89. The zero-order valence-electron chi connectivity index (χ0n) is 10.5. The second-order valence-electron chi connectivity index (χ2n) is 5.02. The standard InChI is InChI=1S/C14H20N2O/c1-11(2)16-13(17)10-15-14(8-9-14)12-6-4-3-5-7-12/h3-7,11,15H,8-10H2,1-2H3,(H,16,17). The van der Waals surface area contributed by atoms with Gasteiger partial charge in [0.1, 0.15) is 0 Å². The first-order chi connectivity index (χ1) is 8.12. The van der Waals surface area contributed by atoms with Crippen LogP contribution in [-0.2, 0) is 10.3 Å². The average molecular weight is 232 g/mol. The summed E-state index contributed by atoms with van der Waals surface area (Å²) in [6, 6.07) is 10.6. The van der Waals surface area contributed by atoms with E-state index in [4.69, 9.17) is 0 Å². The zero-order chi connectivity index (χ0) is 12.3. The van der Waals surface area contributed by atoms with E-state index in [0.29, 0.717) is 6.54 Å². The van der Waals surface area contributed by atoms with Crippen molar-refractivity contribution in [1.82, 2.24) is 10.6 Å². The molecule has 0 spiro atoms. The largest absolute Gasteiger partial charge is 0.353 e. The molecule has 1 saturated carbocycles. The van der Waals surface area contributed by atoms with Crippen LogP contribution in [0.2, 0.25) is 0 Å². The first kappa shape index (κ1) is 12.1. The van der Waals surface area contributed by atoms with Gasteiger partial charge in [0.05, 0.1) is 6.54 Å². The second-order valence-corrected chi connectivity index (χ2v) is 5.02. The topological polar surface area (TPSA) is 41.1 Å². The van der Waals surface area contributed by atoms with E-state index in [0.717, 1.165) is 12.8 Å². The molecule has 0 heterocycles. The molecule has 0 aromatic heterocycles. The van der Waals surface area contributed by atoms with Gasteiger partial charge < -0.3 is 5.32 Å². The van der Waals surface area contributed by atoms with E-state index < -0.39 is 0 Å². The lowest BCUT2D eigenvalue weighted by atomic mass is 10.1. The first-order valence-electron chi connectivity index (χ1n) is 6.22. The Morgan fingerprint density at radius 1 is 1.29 bits per heavy atom. The summed E-state index contributed by atoms with van der Waals surface area (Å²) >= 11 is 0. The molecule has 3 heteroatoms. The van der Waals surface area contributed by atoms with Gasteiger partial charge in [0.2, 0.25) is 5.91 Å². The summed E-state index contributed by atoms with van der Waals surface area (Å²) in [6.07, 6.45) is 2.23. The molecule has 3 nitrogen and oxygen atoms in total. The van der Waals surface area contributed by atoms with Crippen LogP contribution in [0, 0.1) is 0 Å². The Morgan fingerprint density at radius 2 is 1.94 bits per heavy atom. The molecule has 2 rings (SSSR count). The molecule has 0 atom stereocenters. The minimum atomic E-state index is 0.0512. The van der Waals surface area contributed by atoms with E-state index in [9.17, 15) is 4.79 Å². The monoisotopic (exact) mass is 232 g/mol. The number of hydrogen-bond acceptors (Lipinski definition) is 2. The lowest BCUT2D eigenvalue weighted by molar-refractivity contribution is -0.120. The van der Waals surface area contributed by atoms with E-state index in [2.05, 4.69) is 22.8 Å². The Kier molecular flexibility index (Phi) is 3.48. The van der Waals surface area contributed by atoms with Crippen molar-refractivity contribution in [3.63, 3.8) is 0 Å². The van der Waals surface area contributed by atoms with E-state index in [1.165, 1.54) is 5.56 Å². The number of rotatable bonds is 5. The van der Waals surface area contributed by atoms with Crippen LogP contribution in [0.25, 0.3) is 0 Å². The minimum Gasteiger partial charge on any atom is -0.353 e. The normalized spacial score (nSPS) is 16.9. The highest BCUT2D eigenvalue weighted by molar-refractivity contribution is 5.78. The predicted octanol–water partition coefficient (Wildman–Crippen LogP) is 1.79. The van der Waals surface area contributed by atoms with Crippen LogP contribution < -0.4 is 10.6 Å².